The van der Waals surface area contributed by atoms with Gasteiger partial charge in [-0.2, -0.15) is 8.78 Å². The van der Waals surface area contributed by atoms with Crippen LogP contribution in [0.3, 0.4) is 0 Å². The molecule has 0 bridgehead atoms. The Bertz CT molecular complexity index is 577. The minimum Gasteiger partial charge on any atom is -0.480 e. The Morgan fingerprint density at radius 2 is 1.96 bits per heavy atom. The molecule has 0 heterocycles. The van der Waals surface area contributed by atoms with Crippen LogP contribution in [0.1, 0.15) is 30.1 Å². The summed E-state index contributed by atoms with van der Waals surface area (Å²) in [6.07, 6.45) is 1.43. The van der Waals surface area contributed by atoms with Gasteiger partial charge in [-0.15, -0.1) is 0 Å². The van der Waals surface area contributed by atoms with E-state index in [1.54, 1.807) is 0 Å². The highest BCUT2D eigenvalue weighted by atomic mass is 32.2. The number of hydrogen-bond donors (Lipinski definition) is 2. The van der Waals surface area contributed by atoms with Crippen molar-refractivity contribution in [2.24, 2.45) is 0 Å². The van der Waals surface area contributed by atoms with E-state index in [0.717, 1.165) is 0 Å². The van der Waals surface area contributed by atoms with Gasteiger partial charge < -0.3 is 10.4 Å². The minimum atomic E-state index is -2.48. The monoisotopic (exact) mass is 358 g/mol. The van der Waals surface area contributed by atoms with Gasteiger partial charge in [-0.05, 0) is 43.7 Å². The molecule has 0 saturated heterocycles. The Kier molecular flexibility index (Phi) is 6.56. The Balaban J connectivity index is 1.81. The number of nitrogens with one attached hydrogen (secondary N) is 1. The van der Waals surface area contributed by atoms with Crippen LogP contribution in [0, 0.1) is 0 Å². The molecule has 2 N–H and O–H groups in total. The fourth-order valence-electron chi connectivity index (χ4n) is 2.73. The van der Waals surface area contributed by atoms with Crippen molar-refractivity contribution >= 4 is 23.6 Å². The molecule has 0 aliphatic heterocycles. The zero-order valence-electron chi connectivity index (χ0n) is 13.2. The second-order valence-electron chi connectivity index (χ2n) is 5.66. The molecular formula is C16H20F2N2O3S. The predicted molar refractivity (Wildman–Crippen MR) is 87.5 cm³/mol. The van der Waals surface area contributed by atoms with Crippen LogP contribution >= 0.6 is 11.8 Å². The quantitative estimate of drug-likeness (QED) is 0.699. The van der Waals surface area contributed by atoms with Gasteiger partial charge in [0.25, 0.3) is 11.7 Å². The fourth-order valence-corrected chi connectivity index (χ4v) is 3.23. The van der Waals surface area contributed by atoms with E-state index in [2.05, 4.69) is 5.32 Å². The van der Waals surface area contributed by atoms with Crippen LogP contribution in [0.2, 0.25) is 0 Å². The van der Waals surface area contributed by atoms with Crippen molar-refractivity contribution in [3.05, 3.63) is 29.8 Å². The van der Waals surface area contributed by atoms with Crippen LogP contribution < -0.4 is 5.32 Å². The Morgan fingerprint density at radius 1 is 1.33 bits per heavy atom. The van der Waals surface area contributed by atoms with Crippen LogP contribution in [0.25, 0.3) is 0 Å². The molecule has 0 spiro atoms. The lowest BCUT2D eigenvalue weighted by molar-refractivity contribution is -0.139. The SMILES string of the molecule is CCN(CC(=O)O)C1CC(NC(=O)c2ccc(SC(F)F)cc2)C1. The molecule has 1 aliphatic carbocycles. The van der Waals surface area contributed by atoms with E-state index in [1.807, 2.05) is 11.8 Å². The third-order valence-corrected chi connectivity index (χ3v) is 4.77. The number of carbonyl (C=O) groups excluding carboxylic acids is 1. The van der Waals surface area contributed by atoms with E-state index in [9.17, 15) is 18.4 Å². The van der Waals surface area contributed by atoms with Gasteiger partial charge in [-0.3, -0.25) is 14.5 Å². The molecule has 1 saturated carbocycles. The first kappa shape index (κ1) is 18.7. The van der Waals surface area contributed by atoms with Gasteiger partial charge in [0.05, 0.1) is 6.54 Å². The normalized spacial score (nSPS) is 20.0. The number of carbonyl (C=O) groups is 2. The summed E-state index contributed by atoms with van der Waals surface area (Å²) in [5.74, 6) is -3.58. The van der Waals surface area contributed by atoms with Crippen LogP contribution in [-0.2, 0) is 4.79 Å². The number of aliphatic carboxylic acids is 1. The largest absolute Gasteiger partial charge is 0.480 e. The van der Waals surface area contributed by atoms with Gasteiger partial charge in [0.2, 0.25) is 0 Å². The summed E-state index contributed by atoms with van der Waals surface area (Å²) < 4.78 is 24.5. The lowest BCUT2D eigenvalue weighted by Gasteiger charge is -2.42. The van der Waals surface area contributed by atoms with Crippen molar-refractivity contribution in [1.29, 1.82) is 0 Å². The van der Waals surface area contributed by atoms with E-state index in [-0.39, 0.29) is 24.5 Å². The molecule has 1 aromatic rings. The number of amides is 1. The van der Waals surface area contributed by atoms with Crippen LogP contribution in [0.15, 0.2) is 29.2 Å². The van der Waals surface area contributed by atoms with E-state index in [1.165, 1.54) is 24.3 Å². The third kappa shape index (κ3) is 5.17. The Labute approximate surface area is 143 Å². The lowest BCUT2D eigenvalue weighted by atomic mass is 9.85. The van der Waals surface area contributed by atoms with Gasteiger partial charge in [-0.25, -0.2) is 0 Å². The molecule has 5 nitrogen and oxygen atoms in total. The van der Waals surface area contributed by atoms with E-state index < -0.39 is 11.7 Å². The van der Waals surface area contributed by atoms with Crippen LogP contribution in [0.5, 0.6) is 0 Å². The molecule has 2 rings (SSSR count). The summed E-state index contributed by atoms with van der Waals surface area (Å²) in [4.78, 5) is 25.2. The second kappa shape index (κ2) is 8.43. The van der Waals surface area contributed by atoms with E-state index in [0.29, 0.717) is 41.6 Å². The van der Waals surface area contributed by atoms with Gasteiger partial charge in [0.15, 0.2) is 0 Å². The van der Waals surface area contributed by atoms with E-state index in [4.69, 9.17) is 5.11 Å². The maximum Gasteiger partial charge on any atom is 0.317 e. The molecule has 24 heavy (non-hydrogen) atoms. The molecular weight excluding hydrogens is 338 g/mol. The molecule has 8 heteroatoms. The summed E-state index contributed by atoms with van der Waals surface area (Å²) in [5, 5.41) is 11.7. The summed E-state index contributed by atoms with van der Waals surface area (Å²) in [6, 6.07) is 6.24. The first-order valence-corrected chi connectivity index (χ1v) is 8.58. The zero-order chi connectivity index (χ0) is 17.7. The maximum absolute atomic E-state index is 12.3. The van der Waals surface area contributed by atoms with Crippen molar-refractivity contribution in [1.82, 2.24) is 10.2 Å². The van der Waals surface area contributed by atoms with Gasteiger partial charge in [0.1, 0.15) is 0 Å². The van der Waals surface area contributed by atoms with Gasteiger partial charge in [0, 0.05) is 22.5 Å². The molecule has 0 unspecified atom stereocenters. The number of carboxylic acids is 1. The van der Waals surface area contributed by atoms with Crippen molar-refractivity contribution in [2.75, 3.05) is 13.1 Å². The van der Waals surface area contributed by atoms with Gasteiger partial charge >= 0.3 is 5.97 Å². The number of carboxylic acid groups (broad SMARTS) is 1. The number of thioether (sulfide) groups is 1. The molecule has 0 radical (unpaired) electrons. The number of likely N-dealkylation sites (N-methyl/N-ethyl adjacent to an activating group) is 1. The molecule has 1 aromatic carbocycles. The maximum atomic E-state index is 12.3. The minimum absolute atomic E-state index is 0.00506. The number of halogens is 2. The number of rotatable bonds is 8. The zero-order valence-corrected chi connectivity index (χ0v) is 14.1. The highest BCUT2D eigenvalue weighted by Crippen LogP contribution is 2.27. The predicted octanol–water partition coefficient (Wildman–Crippen LogP) is 2.67. The van der Waals surface area contributed by atoms with Crippen molar-refractivity contribution in [2.45, 2.75) is 42.5 Å². The Morgan fingerprint density at radius 3 is 2.46 bits per heavy atom. The average molecular weight is 358 g/mol. The molecule has 0 atom stereocenters. The molecule has 132 valence electrons. The number of alkyl halides is 2. The Hall–Kier alpha value is -1.67. The molecule has 0 aromatic heterocycles. The van der Waals surface area contributed by atoms with Gasteiger partial charge in [-0.1, -0.05) is 18.7 Å². The first-order valence-electron chi connectivity index (χ1n) is 7.70. The topological polar surface area (TPSA) is 69.6 Å². The molecule has 1 aliphatic rings. The van der Waals surface area contributed by atoms with Crippen LogP contribution in [0.4, 0.5) is 8.78 Å². The molecule has 1 amide bonds. The summed E-state index contributed by atoms with van der Waals surface area (Å²) in [5.41, 5.74) is 0.426. The number of hydrogen-bond acceptors (Lipinski definition) is 4. The van der Waals surface area contributed by atoms with E-state index >= 15 is 0 Å². The summed E-state index contributed by atoms with van der Waals surface area (Å²) in [6.45, 7) is 2.57. The average Bonchev–Trinajstić information content (AvgIpc) is 2.48. The highest BCUT2D eigenvalue weighted by Gasteiger charge is 2.34. The van der Waals surface area contributed by atoms with Crippen molar-refractivity contribution in [3.8, 4) is 0 Å². The van der Waals surface area contributed by atoms with Crippen molar-refractivity contribution < 1.29 is 23.5 Å². The summed E-state index contributed by atoms with van der Waals surface area (Å²) >= 11 is 0.441. The third-order valence-electron chi connectivity index (χ3n) is 4.05. The summed E-state index contributed by atoms with van der Waals surface area (Å²) in [7, 11) is 0. The highest BCUT2D eigenvalue weighted by molar-refractivity contribution is 7.99. The standard InChI is InChI=1S/C16H20F2N2O3S/c1-2-20(9-14(21)22)12-7-11(8-12)19-15(23)10-3-5-13(6-4-10)24-16(17)18/h3-6,11-12,16H,2,7-9H2,1H3,(H,19,23)(H,21,22). The van der Waals surface area contributed by atoms with Crippen molar-refractivity contribution in [3.63, 3.8) is 0 Å². The fraction of sp³-hybridized carbons (Fsp3) is 0.500. The number of benzene rings is 1. The smallest absolute Gasteiger partial charge is 0.317 e. The lowest BCUT2D eigenvalue weighted by Crippen LogP contribution is -2.54. The van der Waals surface area contributed by atoms with Crippen LogP contribution in [-0.4, -0.2) is 52.8 Å². The number of nitrogens with zero attached hydrogens (tertiary/aromatic N) is 1. The molecule has 1 fully saturated rings. The second-order valence-corrected chi connectivity index (χ2v) is 6.72. The first-order chi connectivity index (χ1) is 11.4.